The van der Waals surface area contributed by atoms with E-state index in [1.807, 2.05) is 25.1 Å². The van der Waals surface area contributed by atoms with Crippen LogP contribution in [-0.4, -0.2) is 32.2 Å². The van der Waals surface area contributed by atoms with Gasteiger partial charge in [-0.2, -0.15) is 13.2 Å². The Morgan fingerprint density at radius 3 is 2.26 bits per heavy atom. The normalized spacial score (nSPS) is 19.0. The van der Waals surface area contributed by atoms with E-state index in [9.17, 15) is 13.2 Å². The molecule has 0 spiro atoms. The van der Waals surface area contributed by atoms with Crippen LogP contribution >= 0.6 is 0 Å². The van der Waals surface area contributed by atoms with Gasteiger partial charge in [-0.1, -0.05) is 42.5 Å². The Hall–Kier alpha value is -2.48. The number of alkyl halides is 3. The highest BCUT2D eigenvalue weighted by Crippen LogP contribution is 2.29. The van der Waals surface area contributed by atoms with E-state index in [0.29, 0.717) is 50.0 Å². The zero-order chi connectivity index (χ0) is 24.1. The molecule has 0 amide bonds. The van der Waals surface area contributed by atoms with E-state index < -0.39 is 11.7 Å². The molecule has 0 bridgehead atoms. The molecule has 34 heavy (non-hydrogen) atoms. The van der Waals surface area contributed by atoms with Gasteiger partial charge < -0.3 is 14.2 Å². The molecule has 3 aromatic rings. The van der Waals surface area contributed by atoms with Crippen LogP contribution in [0.3, 0.4) is 0 Å². The Kier molecular flexibility index (Phi) is 7.86. The second kappa shape index (κ2) is 10.8. The molecule has 1 aliphatic heterocycles. The summed E-state index contributed by atoms with van der Waals surface area (Å²) < 4.78 is 70.2. The monoisotopic (exact) mass is 476 g/mol. The molecular formula is C27H28F4O3. The van der Waals surface area contributed by atoms with Crippen LogP contribution in [0.1, 0.15) is 35.6 Å². The third-order valence-electron chi connectivity index (χ3n) is 6.07. The van der Waals surface area contributed by atoms with E-state index in [-0.39, 0.29) is 18.2 Å². The first-order valence-electron chi connectivity index (χ1n) is 11.5. The Morgan fingerprint density at radius 1 is 0.882 bits per heavy atom. The highest BCUT2D eigenvalue weighted by Gasteiger charge is 2.29. The average Bonchev–Trinajstić information content (AvgIpc) is 2.83. The standard InChI is InChI=1S/C27H28F4O3/c1-2-32-23-16-33-25(34-17-23)14-7-19-6-13-24-21(15-19)10-9-20(26(24)28)8-3-18-4-11-22(12-5-18)27(29,30)31/h4-6,9-13,15,23,25H,2-3,7-8,14,16-17H2,1H3. The molecule has 3 nitrogen and oxygen atoms in total. The van der Waals surface area contributed by atoms with E-state index in [2.05, 4.69) is 0 Å². The SMILES string of the molecule is CCOC1COC(CCc2ccc3c(F)c(CCc4ccc(C(F)(F)F)cc4)ccc3c2)OC1. The zero-order valence-corrected chi connectivity index (χ0v) is 19.0. The number of fused-ring (bicyclic) bond motifs is 1. The van der Waals surface area contributed by atoms with Crippen molar-refractivity contribution in [3.05, 3.63) is 82.7 Å². The van der Waals surface area contributed by atoms with E-state index in [1.165, 1.54) is 12.1 Å². The van der Waals surface area contributed by atoms with Crippen molar-refractivity contribution in [2.75, 3.05) is 19.8 Å². The van der Waals surface area contributed by atoms with Crippen LogP contribution in [0.5, 0.6) is 0 Å². The molecule has 0 unspecified atom stereocenters. The summed E-state index contributed by atoms with van der Waals surface area (Å²) in [5, 5.41) is 1.36. The zero-order valence-electron chi connectivity index (χ0n) is 19.0. The largest absolute Gasteiger partial charge is 0.416 e. The number of hydrogen-bond acceptors (Lipinski definition) is 3. The van der Waals surface area contributed by atoms with Gasteiger partial charge in [0.05, 0.1) is 18.8 Å². The Balaban J connectivity index is 1.35. The summed E-state index contributed by atoms with van der Waals surface area (Å²) in [6.45, 7) is 3.62. The summed E-state index contributed by atoms with van der Waals surface area (Å²) >= 11 is 0. The number of ether oxygens (including phenoxy) is 3. The minimum Gasteiger partial charge on any atom is -0.374 e. The third-order valence-corrected chi connectivity index (χ3v) is 6.07. The second-order valence-electron chi connectivity index (χ2n) is 8.50. The maximum absolute atomic E-state index is 15.1. The van der Waals surface area contributed by atoms with Gasteiger partial charge in [0.15, 0.2) is 6.29 Å². The molecule has 0 radical (unpaired) electrons. The Labute approximate surface area is 196 Å². The quantitative estimate of drug-likeness (QED) is 0.348. The molecule has 182 valence electrons. The van der Waals surface area contributed by atoms with E-state index in [1.54, 1.807) is 12.1 Å². The number of halogens is 4. The smallest absolute Gasteiger partial charge is 0.374 e. The van der Waals surface area contributed by atoms with Gasteiger partial charge in [-0.15, -0.1) is 0 Å². The summed E-state index contributed by atoms with van der Waals surface area (Å²) in [6.07, 6.45) is -2.31. The summed E-state index contributed by atoms with van der Waals surface area (Å²) in [7, 11) is 0. The summed E-state index contributed by atoms with van der Waals surface area (Å²) in [5.41, 5.74) is 1.68. The molecule has 4 rings (SSSR count). The molecule has 1 aliphatic rings. The van der Waals surface area contributed by atoms with Crippen molar-refractivity contribution in [3.8, 4) is 0 Å². The van der Waals surface area contributed by atoms with E-state index in [4.69, 9.17) is 14.2 Å². The average molecular weight is 477 g/mol. The van der Waals surface area contributed by atoms with Gasteiger partial charge in [-0.05, 0) is 60.4 Å². The number of aryl methyl sites for hydroxylation is 3. The third kappa shape index (κ3) is 6.14. The first-order valence-corrected chi connectivity index (χ1v) is 11.5. The molecule has 7 heteroatoms. The molecule has 1 fully saturated rings. The molecule has 3 aromatic carbocycles. The van der Waals surface area contributed by atoms with Crippen LogP contribution in [-0.2, 0) is 39.6 Å². The van der Waals surface area contributed by atoms with Crippen molar-refractivity contribution >= 4 is 10.8 Å². The van der Waals surface area contributed by atoms with Crippen LogP contribution in [0.2, 0.25) is 0 Å². The van der Waals surface area contributed by atoms with Crippen molar-refractivity contribution in [1.82, 2.24) is 0 Å². The predicted molar refractivity (Wildman–Crippen MR) is 122 cm³/mol. The lowest BCUT2D eigenvalue weighted by Gasteiger charge is -2.29. The van der Waals surface area contributed by atoms with Crippen LogP contribution in [0.25, 0.3) is 10.8 Å². The van der Waals surface area contributed by atoms with Gasteiger partial charge in [0.1, 0.15) is 11.9 Å². The van der Waals surface area contributed by atoms with Gasteiger partial charge in [0.25, 0.3) is 0 Å². The van der Waals surface area contributed by atoms with Crippen LogP contribution in [0.15, 0.2) is 54.6 Å². The molecule has 0 aliphatic carbocycles. The first kappa shape index (κ1) is 24.6. The highest BCUT2D eigenvalue weighted by molar-refractivity contribution is 5.84. The molecular weight excluding hydrogens is 448 g/mol. The molecule has 0 N–H and O–H groups in total. The summed E-state index contributed by atoms with van der Waals surface area (Å²) in [5.74, 6) is -0.281. The number of hydrogen-bond donors (Lipinski definition) is 0. The van der Waals surface area contributed by atoms with E-state index >= 15 is 4.39 Å². The molecule has 1 heterocycles. The fourth-order valence-electron chi connectivity index (χ4n) is 4.18. The Morgan fingerprint density at radius 2 is 1.59 bits per heavy atom. The van der Waals surface area contributed by atoms with Gasteiger partial charge >= 0.3 is 6.18 Å². The topological polar surface area (TPSA) is 27.7 Å². The van der Waals surface area contributed by atoms with Crippen LogP contribution < -0.4 is 0 Å². The second-order valence-corrected chi connectivity index (χ2v) is 8.50. The van der Waals surface area contributed by atoms with Crippen molar-refractivity contribution in [1.29, 1.82) is 0 Å². The van der Waals surface area contributed by atoms with Gasteiger partial charge in [0.2, 0.25) is 0 Å². The van der Waals surface area contributed by atoms with Gasteiger partial charge in [0, 0.05) is 18.4 Å². The fourth-order valence-corrected chi connectivity index (χ4v) is 4.18. The lowest BCUT2D eigenvalue weighted by atomic mass is 9.98. The molecule has 0 aromatic heterocycles. The molecule has 1 saturated heterocycles. The minimum absolute atomic E-state index is 0.0154. The number of benzene rings is 3. The van der Waals surface area contributed by atoms with E-state index in [0.717, 1.165) is 35.1 Å². The first-order chi connectivity index (χ1) is 16.3. The lowest BCUT2D eigenvalue weighted by Crippen LogP contribution is -2.37. The van der Waals surface area contributed by atoms with Crippen molar-refractivity contribution in [2.45, 2.75) is 51.2 Å². The minimum atomic E-state index is -4.36. The highest BCUT2D eigenvalue weighted by atomic mass is 19.4. The van der Waals surface area contributed by atoms with Gasteiger partial charge in [-0.3, -0.25) is 0 Å². The van der Waals surface area contributed by atoms with Crippen molar-refractivity contribution in [2.24, 2.45) is 0 Å². The summed E-state index contributed by atoms with van der Waals surface area (Å²) in [6, 6.07) is 14.4. The van der Waals surface area contributed by atoms with Crippen LogP contribution in [0, 0.1) is 5.82 Å². The molecule has 0 atom stereocenters. The maximum Gasteiger partial charge on any atom is 0.416 e. The summed E-state index contributed by atoms with van der Waals surface area (Å²) in [4.78, 5) is 0. The fraction of sp³-hybridized carbons (Fsp3) is 0.407. The van der Waals surface area contributed by atoms with Crippen LogP contribution in [0.4, 0.5) is 17.6 Å². The lowest BCUT2D eigenvalue weighted by molar-refractivity contribution is -0.227. The van der Waals surface area contributed by atoms with Gasteiger partial charge in [-0.25, -0.2) is 4.39 Å². The maximum atomic E-state index is 15.1. The predicted octanol–water partition coefficient (Wildman–Crippen LogP) is 6.49. The molecule has 0 saturated carbocycles. The van der Waals surface area contributed by atoms with Crippen molar-refractivity contribution < 1.29 is 31.8 Å². The number of rotatable bonds is 8. The Bertz CT molecular complexity index is 1090. The van der Waals surface area contributed by atoms with Crippen molar-refractivity contribution in [3.63, 3.8) is 0 Å².